The second-order valence-corrected chi connectivity index (χ2v) is 3.27. The quantitative estimate of drug-likeness (QED) is 0.708. The maximum atomic E-state index is 5.68. The van der Waals surface area contributed by atoms with Gasteiger partial charge in [0.2, 0.25) is 0 Å². The van der Waals surface area contributed by atoms with Crippen molar-refractivity contribution in [2.45, 2.75) is 12.8 Å². The topological polar surface area (TPSA) is 30.7 Å². The van der Waals surface area contributed by atoms with Gasteiger partial charge in [-0.3, -0.25) is 4.57 Å². The predicted octanol–water partition coefficient (Wildman–Crippen LogP) is 2.31. The van der Waals surface area contributed by atoms with Crippen molar-refractivity contribution < 1.29 is 0 Å². The third-order valence-electron chi connectivity index (χ3n) is 2.04. The van der Waals surface area contributed by atoms with Gasteiger partial charge in [-0.05, 0) is 18.6 Å². The number of hydrogen-bond donors (Lipinski definition) is 0. The lowest BCUT2D eigenvalue weighted by atomic mass is 10.3. The lowest BCUT2D eigenvalue weighted by Crippen LogP contribution is -1.98. The summed E-state index contributed by atoms with van der Waals surface area (Å²) in [5, 5.41) is 0. The molecule has 0 aliphatic carbocycles. The highest BCUT2D eigenvalue weighted by Crippen LogP contribution is 2.09. The Balaban J connectivity index is 2.39. The summed E-state index contributed by atoms with van der Waals surface area (Å²) in [6.07, 6.45) is 5.42. The van der Waals surface area contributed by atoms with Crippen LogP contribution in [0.3, 0.4) is 0 Å². The molecule has 0 saturated heterocycles. The van der Waals surface area contributed by atoms with E-state index in [0.29, 0.717) is 5.88 Å². The third-order valence-corrected chi connectivity index (χ3v) is 2.34. The minimum absolute atomic E-state index is 0.496. The van der Waals surface area contributed by atoms with Crippen molar-refractivity contribution in [3.63, 3.8) is 0 Å². The van der Waals surface area contributed by atoms with Crippen LogP contribution in [-0.4, -0.2) is 14.5 Å². The Morgan fingerprint density at radius 3 is 2.71 bits per heavy atom. The fraction of sp³-hybridized carbons (Fsp3) is 0.200. The normalized spacial score (nSPS) is 10.4. The highest BCUT2D eigenvalue weighted by Gasteiger charge is 2.00. The molecule has 2 aromatic heterocycles. The molecule has 2 rings (SSSR count). The zero-order valence-electron chi connectivity index (χ0n) is 7.81. The van der Waals surface area contributed by atoms with Gasteiger partial charge in [0.15, 0.2) is 0 Å². The molecule has 0 atom stereocenters. The number of rotatable bonds is 2. The summed E-state index contributed by atoms with van der Waals surface area (Å²) in [4.78, 5) is 8.42. The van der Waals surface area contributed by atoms with Crippen molar-refractivity contribution in [3.05, 3.63) is 42.1 Å². The SMILES string of the molecule is Cc1nccn1-c1ccc(CCl)cn1. The van der Waals surface area contributed by atoms with E-state index in [9.17, 15) is 0 Å². The van der Waals surface area contributed by atoms with Crippen LogP contribution in [0.25, 0.3) is 5.82 Å². The first-order valence-corrected chi connectivity index (χ1v) is 4.86. The lowest BCUT2D eigenvalue weighted by molar-refractivity contribution is 0.929. The number of aromatic nitrogens is 3. The smallest absolute Gasteiger partial charge is 0.137 e. The van der Waals surface area contributed by atoms with Crippen molar-refractivity contribution in [1.29, 1.82) is 0 Å². The maximum absolute atomic E-state index is 5.68. The molecule has 0 aromatic carbocycles. The number of hydrogen-bond acceptors (Lipinski definition) is 2. The Bertz CT molecular complexity index is 419. The van der Waals surface area contributed by atoms with Crippen LogP contribution >= 0.6 is 11.6 Å². The molecule has 72 valence electrons. The zero-order chi connectivity index (χ0) is 9.97. The molecule has 0 N–H and O–H groups in total. The van der Waals surface area contributed by atoms with Crippen LogP contribution in [0.2, 0.25) is 0 Å². The van der Waals surface area contributed by atoms with E-state index < -0.39 is 0 Å². The molecule has 0 amide bonds. The Kier molecular flexibility index (Phi) is 2.50. The van der Waals surface area contributed by atoms with Crippen LogP contribution < -0.4 is 0 Å². The highest BCUT2D eigenvalue weighted by atomic mass is 35.5. The average Bonchev–Trinajstić information content (AvgIpc) is 2.65. The molecule has 0 radical (unpaired) electrons. The summed E-state index contributed by atoms with van der Waals surface area (Å²) in [7, 11) is 0. The van der Waals surface area contributed by atoms with E-state index in [-0.39, 0.29) is 0 Å². The molecule has 14 heavy (non-hydrogen) atoms. The van der Waals surface area contributed by atoms with Crippen LogP contribution in [0.4, 0.5) is 0 Å². The first-order chi connectivity index (χ1) is 6.81. The minimum atomic E-state index is 0.496. The fourth-order valence-electron chi connectivity index (χ4n) is 1.26. The Hall–Kier alpha value is -1.35. The van der Waals surface area contributed by atoms with E-state index in [1.165, 1.54) is 0 Å². The van der Waals surface area contributed by atoms with E-state index in [0.717, 1.165) is 17.2 Å². The maximum Gasteiger partial charge on any atom is 0.137 e. The number of aryl methyl sites for hydroxylation is 1. The molecule has 0 aliphatic heterocycles. The number of imidazole rings is 1. The largest absolute Gasteiger partial charge is 0.288 e. The second kappa shape index (κ2) is 3.80. The Morgan fingerprint density at radius 1 is 1.36 bits per heavy atom. The minimum Gasteiger partial charge on any atom is -0.288 e. The average molecular weight is 208 g/mol. The first-order valence-electron chi connectivity index (χ1n) is 4.32. The summed E-state index contributed by atoms with van der Waals surface area (Å²) < 4.78 is 1.93. The molecule has 0 fully saturated rings. The molecular formula is C10H10ClN3. The highest BCUT2D eigenvalue weighted by molar-refractivity contribution is 6.17. The van der Waals surface area contributed by atoms with Crippen LogP contribution in [0.5, 0.6) is 0 Å². The Morgan fingerprint density at radius 2 is 2.21 bits per heavy atom. The van der Waals surface area contributed by atoms with Crippen molar-refractivity contribution in [2.75, 3.05) is 0 Å². The van der Waals surface area contributed by atoms with Crippen molar-refractivity contribution in [2.24, 2.45) is 0 Å². The molecule has 3 nitrogen and oxygen atoms in total. The monoisotopic (exact) mass is 207 g/mol. The van der Waals surface area contributed by atoms with Crippen molar-refractivity contribution >= 4 is 11.6 Å². The van der Waals surface area contributed by atoms with E-state index in [4.69, 9.17) is 11.6 Å². The van der Waals surface area contributed by atoms with Crippen molar-refractivity contribution in [3.8, 4) is 5.82 Å². The van der Waals surface area contributed by atoms with Gasteiger partial charge in [-0.15, -0.1) is 11.6 Å². The molecule has 0 aliphatic rings. The number of pyridine rings is 1. The number of halogens is 1. The molecule has 2 aromatic rings. The van der Waals surface area contributed by atoms with Crippen LogP contribution in [0.1, 0.15) is 11.4 Å². The van der Waals surface area contributed by atoms with Gasteiger partial charge >= 0.3 is 0 Å². The third kappa shape index (κ3) is 1.63. The molecule has 0 saturated carbocycles. The van der Waals surface area contributed by atoms with Gasteiger partial charge in [0.05, 0.1) is 0 Å². The van der Waals surface area contributed by atoms with Crippen LogP contribution in [0, 0.1) is 6.92 Å². The summed E-state index contributed by atoms with van der Waals surface area (Å²) >= 11 is 5.68. The summed E-state index contributed by atoms with van der Waals surface area (Å²) in [5.74, 6) is 2.29. The number of alkyl halides is 1. The summed E-state index contributed by atoms with van der Waals surface area (Å²) in [6.45, 7) is 1.94. The van der Waals surface area contributed by atoms with Gasteiger partial charge < -0.3 is 0 Å². The van der Waals surface area contributed by atoms with Gasteiger partial charge in [0.1, 0.15) is 11.6 Å². The summed E-state index contributed by atoms with van der Waals surface area (Å²) in [5.41, 5.74) is 1.02. The first kappa shape index (κ1) is 9.21. The van der Waals surface area contributed by atoms with E-state index >= 15 is 0 Å². The van der Waals surface area contributed by atoms with E-state index in [1.54, 1.807) is 12.4 Å². The molecule has 0 spiro atoms. The van der Waals surface area contributed by atoms with Crippen LogP contribution in [0.15, 0.2) is 30.7 Å². The lowest BCUT2D eigenvalue weighted by Gasteiger charge is -2.03. The second-order valence-electron chi connectivity index (χ2n) is 3.00. The Labute approximate surface area is 87.4 Å². The van der Waals surface area contributed by atoms with Gasteiger partial charge in [0, 0.05) is 24.5 Å². The molecular weight excluding hydrogens is 198 g/mol. The van der Waals surface area contributed by atoms with Crippen molar-refractivity contribution in [1.82, 2.24) is 14.5 Å². The standard InChI is InChI=1S/C10H10ClN3/c1-8-12-4-5-14(8)10-3-2-9(6-11)7-13-10/h2-5,7H,6H2,1H3. The molecule has 4 heteroatoms. The zero-order valence-corrected chi connectivity index (χ0v) is 8.57. The predicted molar refractivity (Wildman–Crippen MR) is 55.7 cm³/mol. The van der Waals surface area contributed by atoms with Gasteiger partial charge in [0.25, 0.3) is 0 Å². The molecule has 2 heterocycles. The van der Waals surface area contributed by atoms with Gasteiger partial charge in [-0.1, -0.05) is 6.07 Å². The summed E-state index contributed by atoms with van der Waals surface area (Å²) in [6, 6.07) is 3.90. The fourth-order valence-corrected chi connectivity index (χ4v) is 1.42. The van der Waals surface area contributed by atoms with Gasteiger partial charge in [-0.25, -0.2) is 9.97 Å². The van der Waals surface area contributed by atoms with E-state index in [2.05, 4.69) is 9.97 Å². The van der Waals surface area contributed by atoms with E-state index in [1.807, 2.05) is 29.8 Å². The van der Waals surface area contributed by atoms with Crippen LogP contribution in [-0.2, 0) is 5.88 Å². The van der Waals surface area contributed by atoms with Gasteiger partial charge in [-0.2, -0.15) is 0 Å². The number of nitrogens with zero attached hydrogens (tertiary/aromatic N) is 3. The molecule has 0 unspecified atom stereocenters. The molecule has 0 bridgehead atoms.